The molecule has 0 saturated carbocycles. The second-order valence-electron chi connectivity index (χ2n) is 7.56. The molecule has 29 heavy (non-hydrogen) atoms. The molecule has 0 radical (unpaired) electrons. The van der Waals surface area contributed by atoms with Crippen LogP contribution < -0.4 is 10.1 Å². The summed E-state index contributed by atoms with van der Waals surface area (Å²) in [5.74, 6) is 1.74. The fourth-order valence-corrected chi connectivity index (χ4v) is 4.74. The lowest BCUT2D eigenvalue weighted by atomic mass is 10.1. The number of nitrogens with one attached hydrogen (secondary N) is 1. The SMILES string of the molecule is CCNC(=NCCOc1cccc2ccccc12)N1CCS(=O)(=O)C(C)(C)C1.I. The highest BCUT2D eigenvalue weighted by atomic mass is 127. The Bertz CT molecular complexity index is 955. The number of ether oxygens (including phenoxy) is 1. The van der Waals surface area contributed by atoms with E-state index in [2.05, 4.69) is 22.4 Å². The van der Waals surface area contributed by atoms with Crippen molar-refractivity contribution in [2.45, 2.75) is 25.5 Å². The molecule has 6 nitrogen and oxygen atoms in total. The number of guanidine groups is 1. The average molecular weight is 531 g/mol. The van der Waals surface area contributed by atoms with E-state index in [-0.39, 0.29) is 29.7 Å². The summed E-state index contributed by atoms with van der Waals surface area (Å²) in [6.07, 6.45) is 0. The number of rotatable bonds is 5. The van der Waals surface area contributed by atoms with Crippen LogP contribution in [-0.4, -0.2) is 62.6 Å². The topological polar surface area (TPSA) is 71.0 Å². The number of fused-ring (bicyclic) bond motifs is 1. The van der Waals surface area contributed by atoms with E-state index >= 15 is 0 Å². The molecule has 2 aromatic carbocycles. The number of sulfone groups is 1. The first-order valence-corrected chi connectivity index (χ1v) is 11.4. The van der Waals surface area contributed by atoms with Gasteiger partial charge < -0.3 is 15.0 Å². The Morgan fingerprint density at radius 3 is 2.66 bits per heavy atom. The molecule has 0 spiro atoms. The highest BCUT2D eigenvalue weighted by Gasteiger charge is 2.40. The molecule has 0 aromatic heterocycles. The van der Waals surface area contributed by atoms with E-state index in [0.717, 1.165) is 29.0 Å². The Morgan fingerprint density at radius 1 is 1.21 bits per heavy atom. The predicted octanol–water partition coefficient (Wildman–Crippen LogP) is 3.31. The summed E-state index contributed by atoms with van der Waals surface area (Å²) in [5.41, 5.74) is 0. The first-order valence-electron chi connectivity index (χ1n) is 9.70. The number of nitrogens with zero attached hydrogens (tertiary/aromatic N) is 2. The van der Waals surface area contributed by atoms with Crippen molar-refractivity contribution in [2.75, 3.05) is 38.5 Å². The molecule has 1 N–H and O–H groups in total. The van der Waals surface area contributed by atoms with Gasteiger partial charge in [0.15, 0.2) is 15.8 Å². The summed E-state index contributed by atoms with van der Waals surface area (Å²) in [6.45, 7) is 8.14. The summed E-state index contributed by atoms with van der Waals surface area (Å²) in [6, 6.07) is 14.2. The first-order chi connectivity index (χ1) is 13.3. The molecule has 1 fully saturated rings. The molecule has 0 amide bonds. The van der Waals surface area contributed by atoms with E-state index in [4.69, 9.17) is 4.74 Å². The smallest absolute Gasteiger partial charge is 0.194 e. The quantitative estimate of drug-likeness (QED) is 0.278. The highest BCUT2D eigenvalue weighted by molar-refractivity contribution is 14.0. The summed E-state index contributed by atoms with van der Waals surface area (Å²) in [5, 5.41) is 5.51. The van der Waals surface area contributed by atoms with Gasteiger partial charge in [-0.2, -0.15) is 0 Å². The van der Waals surface area contributed by atoms with E-state index in [1.165, 1.54) is 0 Å². The van der Waals surface area contributed by atoms with Crippen molar-refractivity contribution in [3.05, 3.63) is 42.5 Å². The van der Waals surface area contributed by atoms with Crippen LogP contribution in [-0.2, 0) is 9.84 Å². The molecule has 0 aliphatic carbocycles. The molecule has 0 bridgehead atoms. The molecule has 160 valence electrons. The molecule has 8 heteroatoms. The van der Waals surface area contributed by atoms with Gasteiger partial charge in [0.2, 0.25) is 0 Å². The molecule has 1 saturated heterocycles. The second kappa shape index (κ2) is 9.97. The Balaban J connectivity index is 0.00000300. The minimum atomic E-state index is -3.07. The Kier molecular flexibility index (Phi) is 8.16. The third-order valence-corrected chi connectivity index (χ3v) is 7.57. The molecule has 2 aromatic rings. The maximum atomic E-state index is 12.2. The van der Waals surface area contributed by atoms with Crippen LogP contribution in [0.25, 0.3) is 10.8 Å². The minimum Gasteiger partial charge on any atom is -0.491 e. The zero-order valence-corrected chi connectivity index (χ0v) is 20.4. The molecular weight excluding hydrogens is 501 g/mol. The van der Waals surface area contributed by atoms with Crippen molar-refractivity contribution < 1.29 is 13.2 Å². The van der Waals surface area contributed by atoms with Crippen LogP contribution in [0.2, 0.25) is 0 Å². The Labute approximate surface area is 190 Å². The lowest BCUT2D eigenvalue weighted by Gasteiger charge is -2.39. The third-order valence-electron chi connectivity index (χ3n) is 5.04. The molecular formula is C21H30IN3O3S. The van der Waals surface area contributed by atoms with Gasteiger partial charge in [-0.1, -0.05) is 36.4 Å². The van der Waals surface area contributed by atoms with E-state index in [1.807, 2.05) is 42.2 Å². The number of halogens is 1. The van der Waals surface area contributed by atoms with Crippen LogP contribution in [0.3, 0.4) is 0 Å². The zero-order valence-electron chi connectivity index (χ0n) is 17.2. The lowest BCUT2D eigenvalue weighted by Crippen LogP contribution is -2.57. The van der Waals surface area contributed by atoms with E-state index in [0.29, 0.717) is 26.2 Å². The molecule has 1 aliphatic heterocycles. The first kappa shape index (κ1) is 23.7. The van der Waals surface area contributed by atoms with Crippen LogP contribution in [0.4, 0.5) is 0 Å². The fourth-order valence-electron chi connectivity index (χ4n) is 3.38. The zero-order chi connectivity index (χ0) is 20.2. The van der Waals surface area contributed by atoms with Crippen molar-refractivity contribution in [3.63, 3.8) is 0 Å². The van der Waals surface area contributed by atoms with Gasteiger partial charge in [-0.25, -0.2) is 13.4 Å². The Hall–Kier alpha value is -1.55. The standard InChI is InChI=1S/C21H29N3O3S.HI/c1-4-22-20(24-13-15-28(25,26)21(2,3)16-24)23-12-14-27-19-11-7-9-17-8-5-6-10-18(17)19;/h5-11H,4,12-16H2,1-3H3,(H,22,23);1H. The van der Waals surface area contributed by atoms with Gasteiger partial charge in [-0.3, -0.25) is 0 Å². The van der Waals surface area contributed by atoms with Crippen molar-refractivity contribution >= 4 is 50.5 Å². The summed E-state index contributed by atoms with van der Waals surface area (Å²) >= 11 is 0. The minimum absolute atomic E-state index is 0. The van der Waals surface area contributed by atoms with Crippen molar-refractivity contribution in [1.29, 1.82) is 0 Å². The molecule has 1 aliphatic rings. The van der Waals surface area contributed by atoms with E-state index < -0.39 is 14.6 Å². The maximum absolute atomic E-state index is 12.2. The van der Waals surface area contributed by atoms with Crippen LogP contribution in [0.5, 0.6) is 5.75 Å². The van der Waals surface area contributed by atoms with Crippen molar-refractivity contribution in [1.82, 2.24) is 10.2 Å². The largest absolute Gasteiger partial charge is 0.491 e. The van der Waals surface area contributed by atoms with Crippen LogP contribution >= 0.6 is 24.0 Å². The van der Waals surface area contributed by atoms with E-state index in [9.17, 15) is 8.42 Å². The van der Waals surface area contributed by atoms with Gasteiger partial charge >= 0.3 is 0 Å². The van der Waals surface area contributed by atoms with Crippen LogP contribution in [0.1, 0.15) is 20.8 Å². The van der Waals surface area contributed by atoms with E-state index in [1.54, 1.807) is 13.8 Å². The van der Waals surface area contributed by atoms with Gasteiger partial charge in [0.1, 0.15) is 12.4 Å². The van der Waals surface area contributed by atoms with Gasteiger partial charge in [-0.05, 0) is 32.2 Å². The normalized spacial score (nSPS) is 18.2. The molecule has 1 heterocycles. The van der Waals surface area contributed by atoms with Gasteiger partial charge in [0, 0.05) is 25.0 Å². The highest BCUT2D eigenvalue weighted by Crippen LogP contribution is 2.25. The van der Waals surface area contributed by atoms with Crippen molar-refractivity contribution in [2.24, 2.45) is 4.99 Å². The molecule has 3 rings (SSSR count). The number of aliphatic imine (C=N–C) groups is 1. The molecule has 0 unspecified atom stereocenters. The lowest BCUT2D eigenvalue weighted by molar-refractivity contribution is 0.327. The monoisotopic (exact) mass is 531 g/mol. The molecule has 0 atom stereocenters. The van der Waals surface area contributed by atoms with Crippen LogP contribution in [0, 0.1) is 0 Å². The fraction of sp³-hybridized carbons (Fsp3) is 0.476. The number of hydrogen-bond donors (Lipinski definition) is 1. The summed E-state index contributed by atoms with van der Waals surface area (Å²) < 4.78 is 29.7. The van der Waals surface area contributed by atoms with Gasteiger partial charge in [0.05, 0.1) is 17.0 Å². The number of benzene rings is 2. The Morgan fingerprint density at radius 2 is 1.93 bits per heavy atom. The van der Waals surface area contributed by atoms with Gasteiger partial charge in [0.25, 0.3) is 0 Å². The van der Waals surface area contributed by atoms with Gasteiger partial charge in [-0.15, -0.1) is 24.0 Å². The number of hydrogen-bond acceptors (Lipinski definition) is 4. The average Bonchev–Trinajstić information content (AvgIpc) is 2.66. The second-order valence-corrected chi connectivity index (χ2v) is 10.3. The van der Waals surface area contributed by atoms with Crippen LogP contribution in [0.15, 0.2) is 47.5 Å². The van der Waals surface area contributed by atoms with Crippen molar-refractivity contribution in [3.8, 4) is 5.75 Å². The third kappa shape index (κ3) is 5.53. The maximum Gasteiger partial charge on any atom is 0.194 e. The summed E-state index contributed by atoms with van der Waals surface area (Å²) in [4.78, 5) is 6.69. The summed E-state index contributed by atoms with van der Waals surface area (Å²) in [7, 11) is -3.07. The predicted molar refractivity (Wildman–Crippen MR) is 130 cm³/mol.